The van der Waals surface area contributed by atoms with Gasteiger partial charge in [-0.15, -0.1) is 0 Å². The maximum Gasteiger partial charge on any atom is 0.127 e. The molecule has 4 nitrogen and oxygen atoms in total. The van der Waals surface area contributed by atoms with Crippen LogP contribution < -0.4 is 4.74 Å². The summed E-state index contributed by atoms with van der Waals surface area (Å²) in [6.45, 7) is 19.8. The van der Waals surface area contributed by atoms with Crippen LogP contribution in [0.4, 0.5) is 0 Å². The highest BCUT2D eigenvalue weighted by atomic mass is 16.5. The van der Waals surface area contributed by atoms with Crippen molar-refractivity contribution in [3.63, 3.8) is 0 Å². The van der Waals surface area contributed by atoms with E-state index in [1.165, 1.54) is 40.7 Å². The third kappa shape index (κ3) is 10.4. The van der Waals surface area contributed by atoms with E-state index in [2.05, 4.69) is 121 Å². The highest BCUT2D eigenvalue weighted by molar-refractivity contribution is 5.72. The molecule has 0 aromatic heterocycles. The van der Waals surface area contributed by atoms with Crippen LogP contribution in [0.5, 0.6) is 5.75 Å². The number of aryl methyl sites for hydroxylation is 1. The second-order valence-electron chi connectivity index (χ2n) is 12.4. The van der Waals surface area contributed by atoms with E-state index in [4.69, 9.17) is 4.74 Å². The third-order valence-corrected chi connectivity index (χ3v) is 7.13. The number of rotatable bonds is 15. The standard InChI is InChI=1S/C33H55N3O/c1-11-27-24-31(28-14-16-29(17-15-28)33(4,5)6)32(25-30(27)26(2)3)37-23-22-36(20-12-18-34(7)8)21-13-19-35(9)10/h14-17,24-26H,11-13,18-23H2,1-10H3. The van der Waals surface area contributed by atoms with Crippen molar-refractivity contribution in [2.75, 3.05) is 67.5 Å². The molecule has 2 rings (SSSR count). The maximum atomic E-state index is 6.60. The lowest BCUT2D eigenvalue weighted by Gasteiger charge is -2.25. The molecule has 0 aliphatic rings. The van der Waals surface area contributed by atoms with Crippen LogP contribution >= 0.6 is 0 Å². The van der Waals surface area contributed by atoms with Crippen molar-refractivity contribution >= 4 is 0 Å². The molecule has 0 radical (unpaired) electrons. The quantitative estimate of drug-likeness (QED) is 0.259. The summed E-state index contributed by atoms with van der Waals surface area (Å²) < 4.78 is 6.60. The van der Waals surface area contributed by atoms with Gasteiger partial charge < -0.3 is 14.5 Å². The smallest absolute Gasteiger partial charge is 0.127 e. The Morgan fingerprint density at radius 3 is 1.81 bits per heavy atom. The van der Waals surface area contributed by atoms with Crippen molar-refractivity contribution in [1.82, 2.24) is 14.7 Å². The molecule has 0 unspecified atom stereocenters. The van der Waals surface area contributed by atoms with Crippen molar-refractivity contribution in [2.45, 2.75) is 72.1 Å². The molecule has 0 spiro atoms. The lowest BCUT2D eigenvalue weighted by molar-refractivity contribution is 0.194. The van der Waals surface area contributed by atoms with Crippen LogP contribution in [-0.4, -0.2) is 82.2 Å². The van der Waals surface area contributed by atoms with Gasteiger partial charge in [0.25, 0.3) is 0 Å². The number of hydrogen-bond donors (Lipinski definition) is 0. The van der Waals surface area contributed by atoms with Crippen LogP contribution in [-0.2, 0) is 11.8 Å². The summed E-state index contributed by atoms with van der Waals surface area (Å²) in [5, 5.41) is 0. The first-order valence-electron chi connectivity index (χ1n) is 14.3. The van der Waals surface area contributed by atoms with Gasteiger partial charge in [-0.25, -0.2) is 0 Å². The SMILES string of the molecule is CCc1cc(-c2ccc(C(C)(C)C)cc2)c(OCCN(CCCN(C)C)CCCN(C)C)cc1C(C)C. The molecule has 0 aliphatic carbocycles. The average molecular weight is 510 g/mol. The fraction of sp³-hybridized carbons (Fsp3) is 0.636. The number of hydrogen-bond acceptors (Lipinski definition) is 4. The summed E-state index contributed by atoms with van der Waals surface area (Å²) in [6, 6.07) is 13.8. The van der Waals surface area contributed by atoms with Crippen molar-refractivity contribution in [2.24, 2.45) is 0 Å². The summed E-state index contributed by atoms with van der Waals surface area (Å²) in [7, 11) is 8.62. The number of nitrogens with zero attached hydrogens (tertiary/aromatic N) is 3. The Bertz CT molecular complexity index is 912. The largest absolute Gasteiger partial charge is 0.492 e. The first kappa shape index (κ1) is 31.3. The van der Waals surface area contributed by atoms with Crippen molar-refractivity contribution in [1.29, 1.82) is 0 Å². The fourth-order valence-electron chi connectivity index (χ4n) is 4.82. The van der Waals surface area contributed by atoms with Crippen molar-refractivity contribution in [3.8, 4) is 16.9 Å². The molecule has 0 fully saturated rings. The minimum absolute atomic E-state index is 0.149. The summed E-state index contributed by atoms with van der Waals surface area (Å²) >= 11 is 0. The normalized spacial score (nSPS) is 12.4. The molecule has 208 valence electrons. The second kappa shape index (κ2) is 14.9. The van der Waals surface area contributed by atoms with Gasteiger partial charge in [0.1, 0.15) is 12.4 Å². The third-order valence-electron chi connectivity index (χ3n) is 7.13. The van der Waals surface area contributed by atoms with E-state index < -0.39 is 0 Å². The Morgan fingerprint density at radius 1 is 0.784 bits per heavy atom. The molecule has 0 heterocycles. The Balaban J connectivity index is 2.25. The number of ether oxygens (including phenoxy) is 1. The molecule has 4 heteroatoms. The van der Waals surface area contributed by atoms with Gasteiger partial charge in [-0.05, 0) is 119 Å². The van der Waals surface area contributed by atoms with Gasteiger partial charge in [-0.1, -0.05) is 65.8 Å². The van der Waals surface area contributed by atoms with E-state index in [0.717, 1.165) is 44.9 Å². The van der Waals surface area contributed by atoms with Gasteiger partial charge in [-0.2, -0.15) is 0 Å². The van der Waals surface area contributed by atoms with Gasteiger partial charge in [0, 0.05) is 12.1 Å². The molecule has 37 heavy (non-hydrogen) atoms. The molecule has 0 N–H and O–H groups in total. The predicted octanol–water partition coefficient (Wildman–Crippen LogP) is 6.92. The van der Waals surface area contributed by atoms with Gasteiger partial charge in [0.15, 0.2) is 0 Å². The van der Waals surface area contributed by atoms with Crippen LogP contribution in [0, 0.1) is 0 Å². The van der Waals surface area contributed by atoms with Gasteiger partial charge >= 0.3 is 0 Å². The highest BCUT2D eigenvalue weighted by Gasteiger charge is 2.17. The molecule has 0 amide bonds. The highest BCUT2D eigenvalue weighted by Crippen LogP contribution is 2.37. The monoisotopic (exact) mass is 509 g/mol. The molecule has 2 aromatic carbocycles. The fourth-order valence-corrected chi connectivity index (χ4v) is 4.82. The summed E-state index contributed by atoms with van der Waals surface area (Å²) in [4.78, 5) is 7.12. The van der Waals surface area contributed by atoms with Crippen LogP contribution in [0.25, 0.3) is 11.1 Å². The zero-order chi connectivity index (χ0) is 27.6. The number of benzene rings is 2. The first-order chi connectivity index (χ1) is 17.4. The average Bonchev–Trinajstić information content (AvgIpc) is 2.82. The predicted molar refractivity (Wildman–Crippen MR) is 162 cm³/mol. The van der Waals surface area contributed by atoms with E-state index in [-0.39, 0.29) is 5.41 Å². The van der Waals surface area contributed by atoms with Gasteiger partial charge in [0.2, 0.25) is 0 Å². The van der Waals surface area contributed by atoms with E-state index in [1.807, 2.05) is 0 Å². The lowest BCUT2D eigenvalue weighted by Crippen LogP contribution is -2.33. The Morgan fingerprint density at radius 2 is 1.35 bits per heavy atom. The van der Waals surface area contributed by atoms with E-state index in [1.54, 1.807) is 0 Å². The zero-order valence-electron chi connectivity index (χ0n) is 25.7. The summed E-state index contributed by atoms with van der Waals surface area (Å²) in [6.07, 6.45) is 3.40. The van der Waals surface area contributed by atoms with Crippen LogP contribution in [0.2, 0.25) is 0 Å². The Labute approximate surface area is 229 Å². The van der Waals surface area contributed by atoms with E-state index in [9.17, 15) is 0 Å². The molecular formula is C33H55N3O. The van der Waals surface area contributed by atoms with Crippen LogP contribution in [0.1, 0.15) is 77.0 Å². The van der Waals surface area contributed by atoms with E-state index >= 15 is 0 Å². The van der Waals surface area contributed by atoms with Crippen LogP contribution in [0.3, 0.4) is 0 Å². The molecule has 0 bridgehead atoms. The topological polar surface area (TPSA) is 19.0 Å². The van der Waals surface area contributed by atoms with Gasteiger partial charge in [0.05, 0.1) is 0 Å². The minimum atomic E-state index is 0.149. The summed E-state index contributed by atoms with van der Waals surface area (Å²) in [5.74, 6) is 1.49. The lowest BCUT2D eigenvalue weighted by atomic mass is 9.85. The molecule has 0 saturated carbocycles. The Hall–Kier alpha value is -1.88. The van der Waals surface area contributed by atoms with Crippen molar-refractivity contribution in [3.05, 3.63) is 53.1 Å². The molecule has 0 aliphatic heterocycles. The molecule has 2 aromatic rings. The molecule has 0 saturated heterocycles. The Kier molecular flexibility index (Phi) is 12.6. The minimum Gasteiger partial charge on any atom is -0.492 e. The second-order valence-corrected chi connectivity index (χ2v) is 12.4. The van der Waals surface area contributed by atoms with Gasteiger partial charge in [-0.3, -0.25) is 4.90 Å². The zero-order valence-corrected chi connectivity index (χ0v) is 25.7. The first-order valence-corrected chi connectivity index (χ1v) is 14.3. The van der Waals surface area contributed by atoms with Crippen LogP contribution in [0.15, 0.2) is 36.4 Å². The molecular weight excluding hydrogens is 454 g/mol. The summed E-state index contributed by atoms with van der Waals surface area (Å²) in [5.41, 5.74) is 6.79. The van der Waals surface area contributed by atoms with E-state index in [0.29, 0.717) is 12.5 Å². The molecule has 0 atom stereocenters. The maximum absolute atomic E-state index is 6.60. The van der Waals surface area contributed by atoms with Crippen molar-refractivity contribution < 1.29 is 4.74 Å².